The Balaban J connectivity index is 1.55. The van der Waals surface area contributed by atoms with Crippen molar-refractivity contribution >= 4 is 9.84 Å². The van der Waals surface area contributed by atoms with Gasteiger partial charge in [0.2, 0.25) is 0 Å². The molecule has 3 fully saturated rings. The lowest BCUT2D eigenvalue weighted by Crippen LogP contribution is -2.53. The van der Waals surface area contributed by atoms with E-state index in [1.54, 1.807) is 0 Å². The van der Waals surface area contributed by atoms with Gasteiger partial charge in [0, 0.05) is 30.6 Å². The molecule has 3 heterocycles. The highest BCUT2D eigenvalue weighted by Crippen LogP contribution is 2.41. The van der Waals surface area contributed by atoms with Crippen molar-refractivity contribution in [2.24, 2.45) is 11.7 Å². The Labute approximate surface area is 157 Å². The lowest BCUT2D eigenvalue weighted by Gasteiger charge is -2.41. The third-order valence-electron chi connectivity index (χ3n) is 5.90. The SMILES string of the molecule is NC1CC2CC(S(=O)(=O)c3ccc(OC(F)F)cc3)C(C1)N2CC1COC1. The van der Waals surface area contributed by atoms with Crippen LogP contribution in [0.4, 0.5) is 8.78 Å². The molecule has 9 heteroatoms. The Morgan fingerprint density at radius 1 is 1.19 bits per heavy atom. The van der Waals surface area contributed by atoms with Crippen LogP contribution in [-0.4, -0.2) is 63.1 Å². The Bertz CT molecular complexity index is 770. The summed E-state index contributed by atoms with van der Waals surface area (Å²) in [6.07, 6.45) is 2.02. The maximum atomic E-state index is 13.3. The van der Waals surface area contributed by atoms with Crippen LogP contribution in [0.5, 0.6) is 5.75 Å². The van der Waals surface area contributed by atoms with Gasteiger partial charge in [-0.2, -0.15) is 8.78 Å². The summed E-state index contributed by atoms with van der Waals surface area (Å²) >= 11 is 0. The average Bonchev–Trinajstić information content (AvgIpc) is 2.77. The molecule has 4 atom stereocenters. The molecule has 0 amide bonds. The van der Waals surface area contributed by atoms with Gasteiger partial charge in [0.05, 0.1) is 23.4 Å². The van der Waals surface area contributed by atoms with Crippen molar-refractivity contribution in [3.05, 3.63) is 24.3 Å². The number of hydrogen-bond donors (Lipinski definition) is 1. The van der Waals surface area contributed by atoms with E-state index in [0.717, 1.165) is 26.2 Å². The number of nitrogens with two attached hydrogens (primary N) is 1. The van der Waals surface area contributed by atoms with E-state index >= 15 is 0 Å². The lowest BCUT2D eigenvalue weighted by molar-refractivity contribution is -0.0571. The van der Waals surface area contributed by atoms with E-state index < -0.39 is 21.7 Å². The number of ether oxygens (including phenoxy) is 2. The Morgan fingerprint density at radius 2 is 1.89 bits per heavy atom. The van der Waals surface area contributed by atoms with Gasteiger partial charge in [-0.3, -0.25) is 4.90 Å². The van der Waals surface area contributed by atoms with Gasteiger partial charge in [0.15, 0.2) is 9.84 Å². The summed E-state index contributed by atoms with van der Waals surface area (Å²) in [6, 6.07) is 5.31. The topological polar surface area (TPSA) is 81.9 Å². The van der Waals surface area contributed by atoms with Crippen molar-refractivity contribution in [1.29, 1.82) is 0 Å². The molecule has 1 aromatic carbocycles. The van der Waals surface area contributed by atoms with Gasteiger partial charge in [-0.05, 0) is 43.5 Å². The number of nitrogens with zero attached hydrogens (tertiary/aromatic N) is 1. The molecular formula is C18H24F2N2O4S. The van der Waals surface area contributed by atoms with Crippen molar-refractivity contribution in [1.82, 2.24) is 4.90 Å². The second-order valence-electron chi connectivity index (χ2n) is 7.72. The van der Waals surface area contributed by atoms with Gasteiger partial charge in [0.25, 0.3) is 0 Å². The molecule has 2 N–H and O–H groups in total. The number of sulfone groups is 1. The van der Waals surface area contributed by atoms with Crippen LogP contribution in [0.3, 0.4) is 0 Å². The van der Waals surface area contributed by atoms with Gasteiger partial charge < -0.3 is 15.2 Å². The van der Waals surface area contributed by atoms with E-state index in [1.165, 1.54) is 24.3 Å². The highest BCUT2D eigenvalue weighted by Gasteiger charge is 2.51. The van der Waals surface area contributed by atoms with Gasteiger partial charge in [0.1, 0.15) is 5.75 Å². The zero-order valence-corrected chi connectivity index (χ0v) is 15.7. The van der Waals surface area contributed by atoms with Crippen molar-refractivity contribution in [2.75, 3.05) is 19.8 Å². The summed E-state index contributed by atoms with van der Waals surface area (Å²) in [5, 5.41) is -0.529. The molecule has 0 spiro atoms. The first kappa shape index (κ1) is 19.0. The van der Waals surface area contributed by atoms with E-state index in [2.05, 4.69) is 9.64 Å². The fourth-order valence-corrected chi connectivity index (χ4v) is 6.63. The zero-order valence-electron chi connectivity index (χ0n) is 14.8. The predicted molar refractivity (Wildman–Crippen MR) is 94.5 cm³/mol. The van der Waals surface area contributed by atoms with Crippen molar-refractivity contribution in [3.63, 3.8) is 0 Å². The first-order chi connectivity index (χ1) is 12.8. The van der Waals surface area contributed by atoms with E-state index in [4.69, 9.17) is 10.5 Å². The number of halogens is 2. The molecule has 2 bridgehead atoms. The van der Waals surface area contributed by atoms with Crippen molar-refractivity contribution in [3.8, 4) is 5.75 Å². The highest BCUT2D eigenvalue weighted by atomic mass is 32.2. The van der Waals surface area contributed by atoms with E-state index in [-0.39, 0.29) is 28.8 Å². The van der Waals surface area contributed by atoms with Gasteiger partial charge in [-0.15, -0.1) is 0 Å². The molecule has 4 rings (SSSR count). The second-order valence-corrected chi connectivity index (χ2v) is 9.89. The first-order valence-electron chi connectivity index (χ1n) is 9.22. The fraction of sp³-hybridized carbons (Fsp3) is 0.667. The number of rotatable bonds is 6. The molecule has 4 unspecified atom stereocenters. The van der Waals surface area contributed by atoms with Crippen LogP contribution in [0, 0.1) is 5.92 Å². The lowest BCUT2D eigenvalue weighted by atomic mass is 9.96. The largest absolute Gasteiger partial charge is 0.435 e. The second kappa shape index (κ2) is 7.27. The van der Waals surface area contributed by atoms with Gasteiger partial charge >= 0.3 is 6.61 Å². The van der Waals surface area contributed by atoms with Crippen LogP contribution in [0.2, 0.25) is 0 Å². The summed E-state index contributed by atoms with van der Waals surface area (Å²) in [7, 11) is -3.59. The molecule has 0 radical (unpaired) electrons. The first-order valence-corrected chi connectivity index (χ1v) is 10.8. The van der Waals surface area contributed by atoms with Crippen LogP contribution in [0.25, 0.3) is 0 Å². The minimum absolute atomic E-state index is 0.0101. The summed E-state index contributed by atoms with van der Waals surface area (Å²) < 4.78 is 60.7. The Kier molecular flexibility index (Phi) is 5.13. The molecular weight excluding hydrogens is 378 g/mol. The number of piperidine rings is 1. The minimum Gasteiger partial charge on any atom is -0.435 e. The highest BCUT2D eigenvalue weighted by molar-refractivity contribution is 7.92. The number of hydrogen-bond acceptors (Lipinski definition) is 6. The average molecular weight is 402 g/mol. The van der Waals surface area contributed by atoms with Crippen LogP contribution in [0.15, 0.2) is 29.2 Å². The van der Waals surface area contributed by atoms with Gasteiger partial charge in [-0.25, -0.2) is 8.42 Å². The van der Waals surface area contributed by atoms with Crippen LogP contribution in [0.1, 0.15) is 19.3 Å². The molecule has 0 aromatic heterocycles. The third kappa shape index (κ3) is 3.70. The van der Waals surface area contributed by atoms with E-state index in [1.807, 2.05) is 0 Å². The molecule has 150 valence electrons. The fourth-order valence-electron chi connectivity index (χ4n) is 4.61. The standard InChI is InChI=1S/C18H24F2N2O4S/c19-18(20)26-14-1-3-15(4-2-14)27(23,24)17-7-13-5-12(21)6-16(17)22(13)8-11-9-25-10-11/h1-4,11-13,16-18H,5-10,21H2. The number of alkyl halides is 2. The molecule has 1 aromatic rings. The number of fused-ring (bicyclic) bond motifs is 2. The molecule has 0 aliphatic carbocycles. The molecule has 27 heavy (non-hydrogen) atoms. The summed E-state index contributed by atoms with van der Waals surface area (Å²) in [5.74, 6) is 0.402. The zero-order chi connectivity index (χ0) is 19.2. The summed E-state index contributed by atoms with van der Waals surface area (Å²) in [5.41, 5.74) is 6.17. The molecule has 0 saturated carbocycles. The maximum absolute atomic E-state index is 13.3. The summed E-state index contributed by atoms with van der Waals surface area (Å²) in [4.78, 5) is 2.45. The molecule has 3 saturated heterocycles. The number of benzene rings is 1. The van der Waals surface area contributed by atoms with Gasteiger partial charge in [-0.1, -0.05) is 0 Å². The van der Waals surface area contributed by atoms with E-state index in [9.17, 15) is 17.2 Å². The van der Waals surface area contributed by atoms with Crippen LogP contribution in [-0.2, 0) is 14.6 Å². The smallest absolute Gasteiger partial charge is 0.387 e. The van der Waals surface area contributed by atoms with Crippen LogP contribution >= 0.6 is 0 Å². The van der Waals surface area contributed by atoms with E-state index in [0.29, 0.717) is 18.8 Å². The minimum atomic E-state index is -3.59. The molecule has 3 aliphatic rings. The Morgan fingerprint density at radius 3 is 2.48 bits per heavy atom. The van der Waals surface area contributed by atoms with Crippen molar-refractivity contribution in [2.45, 2.75) is 54.1 Å². The quantitative estimate of drug-likeness (QED) is 0.779. The predicted octanol–water partition coefficient (Wildman–Crippen LogP) is 1.64. The van der Waals surface area contributed by atoms with Crippen LogP contribution < -0.4 is 10.5 Å². The molecule has 3 aliphatic heterocycles. The third-order valence-corrected chi connectivity index (χ3v) is 8.13. The molecule has 6 nitrogen and oxygen atoms in total. The Hall–Kier alpha value is -1.29. The maximum Gasteiger partial charge on any atom is 0.387 e. The monoisotopic (exact) mass is 402 g/mol. The van der Waals surface area contributed by atoms with Crippen molar-refractivity contribution < 1.29 is 26.7 Å². The summed E-state index contributed by atoms with van der Waals surface area (Å²) in [6.45, 7) is -0.641. The normalized spacial score (nSPS) is 31.9.